The number of hydrogen-bond acceptors (Lipinski definition) is 2. The van der Waals surface area contributed by atoms with Gasteiger partial charge in [0.2, 0.25) is 0 Å². The first kappa shape index (κ1) is 6.85. The monoisotopic (exact) mass is 168 g/mol. The van der Waals surface area contributed by atoms with E-state index >= 15 is 0 Å². The van der Waals surface area contributed by atoms with E-state index in [4.69, 9.17) is 0 Å². The first-order valence-corrected chi connectivity index (χ1v) is 4.07. The second kappa shape index (κ2) is 2.34. The molecule has 1 aliphatic rings. The summed E-state index contributed by atoms with van der Waals surface area (Å²) in [6.45, 7) is 0. The molecular formula is C8H5FOS. The summed E-state index contributed by atoms with van der Waals surface area (Å²) in [5.74, 6) is -0.279. The molecule has 0 unspecified atom stereocenters. The minimum absolute atomic E-state index is 0.0325. The van der Waals surface area contributed by atoms with Gasteiger partial charge in [0, 0.05) is 6.42 Å². The van der Waals surface area contributed by atoms with Crippen LogP contribution in [0.25, 0.3) is 0 Å². The Kier molecular flexibility index (Phi) is 1.46. The number of thioether (sulfide) groups is 1. The van der Waals surface area contributed by atoms with Crippen LogP contribution in [-0.2, 0) is 11.2 Å². The van der Waals surface area contributed by atoms with Crippen molar-refractivity contribution in [3.63, 3.8) is 0 Å². The molecule has 1 aromatic rings. The Bertz CT molecular complexity index is 322. The zero-order valence-corrected chi connectivity index (χ0v) is 6.45. The van der Waals surface area contributed by atoms with Crippen LogP contribution in [0.5, 0.6) is 0 Å². The van der Waals surface area contributed by atoms with Crippen molar-refractivity contribution in [3.8, 4) is 0 Å². The molecule has 2 rings (SSSR count). The molecule has 0 radical (unpaired) electrons. The minimum Gasteiger partial charge on any atom is -0.286 e. The van der Waals surface area contributed by atoms with Gasteiger partial charge in [-0.25, -0.2) is 4.39 Å². The van der Waals surface area contributed by atoms with Gasteiger partial charge >= 0.3 is 0 Å². The quantitative estimate of drug-likeness (QED) is 0.589. The van der Waals surface area contributed by atoms with Gasteiger partial charge in [-0.2, -0.15) is 0 Å². The summed E-state index contributed by atoms with van der Waals surface area (Å²) in [4.78, 5) is 11.4. The molecule has 0 saturated carbocycles. The molecule has 0 amide bonds. The van der Waals surface area contributed by atoms with Crippen molar-refractivity contribution in [2.75, 3.05) is 0 Å². The third-order valence-corrected chi connectivity index (χ3v) is 2.63. The van der Waals surface area contributed by atoms with Crippen molar-refractivity contribution < 1.29 is 9.18 Å². The van der Waals surface area contributed by atoms with Gasteiger partial charge in [0.1, 0.15) is 5.82 Å². The van der Waals surface area contributed by atoms with E-state index in [1.54, 1.807) is 12.1 Å². The van der Waals surface area contributed by atoms with Crippen LogP contribution in [0.1, 0.15) is 5.56 Å². The second-order valence-corrected chi connectivity index (χ2v) is 3.45. The lowest BCUT2D eigenvalue weighted by Crippen LogP contribution is -1.86. The van der Waals surface area contributed by atoms with E-state index in [0.717, 1.165) is 17.3 Å². The number of halogens is 1. The van der Waals surface area contributed by atoms with Crippen LogP contribution in [0, 0.1) is 5.82 Å². The molecule has 1 aliphatic heterocycles. The molecular weight excluding hydrogens is 163 g/mol. The highest BCUT2D eigenvalue weighted by Gasteiger charge is 2.21. The topological polar surface area (TPSA) is 17.1 Å². The molecule has 1 nitrogen and oxygen atoms in total. The summed E-state index contributed by atoms with van der Waals surface area (Å²) < 4.78 is 12.9. The van der Waals surface area contributed by atoms with E-state index in [1.807, 2.05) is 0 Å². The summed E-state index contributed by atoms with van der Waals surface area (Å²) >= 11 is 1.00. The van der Waals surface area contributed by atoms with E-state index in [0.29, 0.717) is 11.3 Å². The van der Waals surface area contributed by atoms with Crippen LogP contribution in [0.15, 0.2) is 23.1 Å². The lowest BCUT2D eigenvalue weighted by atomic mass is 10.2. The van der Waals surface area contributed by atoms with Gasteiger partial charge in [-0.05, 0) is 23.4 Å². The fraction of sp³-hybridized carbons (Fsp3) is 0.125. The molecule has 0 aromatic heterocycles. The predicted octanol–water partition coefficient (Wildman–Crippen LogP) is 2.00. The number of carbonyl (C=O) groups excluding carboxylic acids is 1. The Balaban J connectivity index is 2.57. The van der Waals surface area contributed by atoms with Gasteiger partial charge in [0.15, 0.2) is 5.12 Å². The zero-order chi connectivity index (χ0) is 7.84. The van der Waals surface area contributed by atoms with Crippen LogP contribution >= 0.6 is 11.8 Å². The highest BCUT2D eigenvalue weighted by atomic mass is 32.2. The SMILES string of the molecule is O=C1Cc2cccc(F)c2S1. The van der Waals surface area contributed by atoms with Crippen LogP contribution in [0.2, 0.25) is 0 Å². The largest absolute Gasteiger partial charge is 0.286 e. The van der Waals surface area contributed by atoms with Crippen molar-refractivity contribution in [1.29, 1.82) is 0 Å². The first-order chi connectivity index (χ1) is 5.27. The number of hydrogen-bond donors (Lipinski definition) is 0. The molecule has 1 heterocycles. The molecule has 56 valence electrons. The van der Waals surface area contributed by atoms with Crippen molar-refractivity contribution >= 4 is 16.9 Å². The van der Waals surface area contributed by atoms with Gasteiger partial charge in [-0.15, -0.1) is 0 Å². The van der Waals surface area contributed by atoms with Crippen LogP contribution in [0.4, 0.5) is 4.39 Å². The van der Waals surface area contributed by atoms with Crippen molar-refractivity contribution in [2.24, 2.45) is 0 Å². The minimum atomic E-state index is -0.279. The molecule has 0 N–H and O–H groups in total. The Hall–Kier alpha value is -0.830. The Morgan fingerprint density at radius 1 is 1.45 bits per heavy atom. The Morgan fingerprint density at radius 2 is 2.27 bits per heavy atom. The van der Waals surface area contributed by atoms with Crippen LogP contribution < -0.4 is 0 Å². The van der Waals surface area contributed by atoms with Crippen molar-refractivity contribution in [2.45, 2.75) is 11.3 Å². The van der Waals surface area contributed by atoms with E-state index < -0.39 is 0 Å². The van der Waals surface area contributed by atoms with Gasteiger partial charge < -0.3 is 0 Å². The lowest BCUT2D eigenvalue weighted by Gasteiger charge is -1.95. The molecule has 1 aromatic carbocycles. The molecule has 0 saturated heterocycles. The van der Waals surface area contributed by atoms with Gasteiger partial charge in [-0.3, -0.25) is 4.79 Å². The summed E-state index contributed by atoms with van der Waals surface area (Å²) in [5, 5.41) is 0.0325. The summed E-state index contributed by atoms with van der Waals surface area (Å²) in [6.07, 6.45) is 0.373. The predicted molar refractivity (Wildman–Crippen MR) is 41.0 cm³/mol. The Labute approximate surface area is 67.6 Å². The fourth-order valence-electron chi connectivity index (χ4n) is 1.11. The standard InChI is InChI=1S/C8H5FOS/c9-6-3-1-2-5-4-7(10)11-8(5)6/h1-3H,4H2. The third-order valence-electron chi connectivity index (χ3n) is 1.60. The number of fused-ring (bicyclic) bond motifs is 1. The Morgan fingerprint density at radius 3 is 3.00 bits per heavy atom. The molecule has 11 heavy (non-hydrogen) atoms. The van der Waals surface area contributed by atoms with E-state index in [2.05, 4.69) is 0 Å². The van der Waals surface area contributed by atoms with Gasteiger partial charge in [0.05, 0.1) is 4.90 Å². The lowest BCUT2D eigenvalue weighted by molar-refractivity contribution is -0.110. The molecule has 0 bridgehead atoms. The van der Waals surface area contributed by atoms with E-state index in [1.165, 1.54) is 6.07 Å². The molecule has 0 aliphatic carbocycles. The maximum absolute atomic E-state index is 12.9. The zero-order valence-electron chi connectivity index (χ0n) is 5.63. The summed E-state index contributed by atoms with van der Waals surface area (Å²) in [7, 11) is 0. The van der Waals surface area contributed by atoms with Gasteiger partial charge in [0.25, 0.3) is 0 Å². The number of benzene rings is 1. The maximum atomic E-state index is 12.9. The highest BCUT2D eigenvalue weighted by molar-refractivity contribution is 8.14. The molecule has 0 atom stereocenters. The molecule has 0 fully saturated rings. The summed E-state index contributed by atoms with van der Waals surface area (Å²) in [5.41, 5.74) is 0.819. The normalized spacial score (nSPS) is 15.2. The highest BCUT2D eigenvalue weighted by Crippen LogP contribution is 2.34. The third kappa shape index (κ3) is 1.05. The van der Waals surface area contributed by atoms with Crippen molar-refractivity contribution in [3.05, 3.63) is 29.6 Å². The average Bonchev–Trinajstić information content (AvgIpc) is 2.31. The summed E-state index contributed by atoms with van der Waals surface area (Å²) in [6, 6.07) is 4.80. The van der Waals surface area contributed by atoms with E-state index in [9.17, 15) is 9.18 Å². The maximum Gasteiger partial charge on any atom is 0.198 e. The number of carbonyl (C=O) groups is 1. The van der Waals surface area contributed by atoms with Crippen LogP contribution in [-0.4, -0.2) is 5.12 Å². The van der Waals surface area contributed by atoms with Gasteiger partial charge in [-0.1, -0.05) is 12.1 Å². The molecule has 3 heteroatoms. The first-order valence-electron chi connectivity index (χ1n) is 3.25. The number of rotatable bonds is 0. The smallest absolute Gasteiger partial charge is 0.198 e. The van der Waals surface area contributed by atoms with E-state index in [-0.39, 0.29) is 10.9 Å². The van der Waals surface area contributed by atoms with Crippen LogP contribution in [0.3, 0.4) is 0 Å². The van der Waals surface area contributed by atoms with Crippen molar-refractivity contribution in [1.82, 2.24) is 0 Å². The second-order valence-electron chi connectivity index (χ2n) is 2.38. The fourth-order valence-corrected chi connectivity index (χ4v) is 2.00. The molecule has 0 spiro atoms. The average molecular weight is 168 g/mol.